The third kappa shape index (κ3) is 3.87. The number of rotatable bonds is 5. The molecule has 0 radical (unpaired) electrons. The van der Waals surface area contributed by atoms with Crippen molar-refractivity contribution in [3.8, 4) is 0 Å². The van der Waals surface area contributed by atoms with Gasteiger partial charge >= 0.3 is 0 Å². The molecule has 0 spiro atoms. The molecular weight excluding hydrogens is 252 g/mol. The van der Waals surface area contributed by atoms with Crippen LogP contribution in [0.15, 0.2) is 18.2 Å². The van der Waals surface area contributed by atoms with E-state index in [1.165, 1.54) is 0 Å². The summed E-state index contributed by atoms with van der Waals surface area (Å²) in [6.45, 7) is 4.81. The van der Waals surface area contributed by atoms with Crippen molar-refractivity contribution in [1.29, 1.82) is 0 Å². The highest BCUT2D eigenvalue weighted by molar-refractivity contribution is 5.96. The molecule has 5 heteroatoms. The summed E-state index contributed by atoms with van der Waals surface area (Å²) < 4.78 is 0. The monoisotopic (exact) mass is 276 g/mol. The van der Waals surface area contributed by atoms with Gasteiger partial charge in [-0.2, -0.15) is 0 Å². The molecule has 1 heterocycles. The first-order valence-electron chi connectivity index (χ1n) is 7.13. The number of nitrogens with zero attached hydrogens (tertiary/aromatic N) is 1. The van der Waals surface area contributed by atoms with Crippen molar-refractivity contribution in [1.82, 2.24) is 10.2 Å². The van der Waals surface area contributed by atoms with Crippen molar-refractivity contribution in [2.45, 2.75) is 19.4 Å². The Morgan fingerprint density at radius 1 is 1.30 bits per heavy atom. The van der Waals surface area contributed by atoms with E-state index in [4.69, 9.17) is 0 Å². The van der Waals surface area contributed by atoms with Gasteiger partial charge in [0.2, 0.25) is 0 Å². The van der Waals surface area contributed by atoms with E-state index < -0.39 is 0 Å². The second kappa shape index (κ2) is 6.61. The maximum absolute atomic E-state index is 12.2. The molecular formula is C15H24N4O. The zero-order chi connectivity index (χ0) is 14.5. The predicted octanol–water partition coefficient (Wildman–Crippen LogP) is 1.59. The van der Waals surface area contributed by atoms with E-state index in [0.717, 1.165) is 37.4 Å². The molecule has 110 valence electrons. The van der Waals surface area contributed by atoms with E-state index in [2.05, 4.69) is 20.9 Å². The van der Waals surface area contributed by atoms with Crippen molar-refractivity contribution in [2.75, 3.05) is 44.4 Å². The van der Waals surface area contributed by atoms with E-state index in [9.17, 15) is 4.79 Å². The Balaban J connectivity index is 1.95. The maximum Gasteiger partial charge on any atom is 0.251 e. The molecule has 3 N–H and O–H groups in total. The number of nitrogens with one attached hydrogen (secondary N) is 3. The summed E-state index contributed by atoms with van der Waals surface area (Å²) in [4.78, 5) is 14.3. The summed E-state index contributed by atoms with van der Waals surface area (Å²) in [7, 11) is 4.08. The lowest BCUT2D eigenvalue weighted by molar-refractivity contribution is 0.0937. The van der Waals surface area contributed by atoms with Gasteiger partial charge in [-0.1, -0.05) is 0 Å². The number of benzene rings is 1. The lowest BCUT2D eigenvalue weighted by atomic mass is 10.1. The van der Waals surface area contributed by atoms with Crippen LogP contribution in [0, 0.1) is 0 Å². The standard InChI is InChI=1S/C15H24N4O/c1-11(6-9-19(2)3)18-15(20)12-4-5-13-14(10-12)17-8-7-16-13/h4-5,10-11,16-17H,6-9H2,1-3H3,(H,18,20). The number of amides is 1. The number of hydrogen-bond acceptors (Lipinski definition) is 4. The Labute approximate surface area is 120 Å². The van der Waals surface area contributed by atoms with Gasteiger partial charge in [0.1, 0.15) is 0 Å². The average Bonchev–Trinajstić information content (AvgIpc) is 2.44. The first-order chi connectivity index (χ1) is 9.56. The molecule has 0 bridgehead atoms. The third-order valence-electron chi connectivity index (χ3n) is 3.42. The molecule has 1 aromatic carbocycles. The van der Waals surface area contributed by atoms with Gasteiger partial charge < -0.3 is 20.9 Å². The normalized spacial score (nSPS) is 15.0. The molecule has 0 fully saturated rings. The van der Waals surface area contributed by atoms with Crippen LogP contribution >= 0.6 is 0 Å². The van der Waals surface area contributed by atoms with Gasteiger partial charge in [-0.25, -0.2) is 0 Å². The topological polar surface area (TPSA) is 56.4 Å². The molecule has 20 heavy (non-hydrogen) atoms. The predicted molar refractivity (Wildman–Crippen MR) is 83.5 cm³/mol. The highest BCUT2D eigenvalue weighted by Gasteiger charge is 2.13. The van der Waals surface area contributed by atoms with Crippen molar-refractivity contribution >= 4 is 17.3 Å². The highest BCUT2D eigenvalue weighted by Crippen LogP contribution is 2.25. The first kappa shape index (κ1) is 14.7. The fourth-order valence-electron chi connectivity index (χ4n) is 2.21. The van der Waals surface area contributed by atoms with Gasteiger partial charge in [-0.15, -0.1) is 0 Å². The molecule has 0 saturated heterocycles. The lowest BCUT2D eigenvalue weighted by Gasteiger charge is -2.21. The summed E-state index contributed by atoms with van der Waals surface area (Å²) in [6, 6.07) is 5.91. The van der Waals surface area contributed by atoms with Crippen LogP contribution in [-0.2, 0) is 0 Å². The van der Waals surface area contributed by atoms with Crippen LogP contribution in [0.3, 0.4) is 0 Å². The largest absolute Gasteiger partial charge is 0.382 e. The molecule has 1 amide bonds. The van der Waals surface area contributed by atoms with Gasteiger partial charge in [0.25, 0.3) is 5.91 Å². The molecule has 1 unspecified atom stereocenters. The summed E-state index contributed by atoms with van der Waals surface area (Å²) in [5.74, 6) is -0.00794. The molecule has 1 aliphatic rings. The van der Waals surface area contributed by atoms with Crippen LogP contribution in [-0.4, -0.2) is 50.6 Å². The molecule has 1 atom stereocenters. The number of carbonyl (C=O) groups excluding carboxylic acids is 1. The van der Waals surface area contributed by atoms with Crippen LogP contribution < -0.4 is 16.0 Å². The summed E-state index contributed by atoms with van der Waals surface area (Å²) in [5, 5.41) is 9.65. The van der Waals surface area contributed by atoms with Gasteiger partial charge in [0.15, 0.2) is 0 Å². The van der Waals surface area contributed by atoms with Crippen molar-refractivity contribution < 1.29 is 4.79 Å². The van der Waals surface area contributed by atoms with Crippen LogP contribution in [0.25, 0.3) is 0 Å². The van der Waals surface area contributed by atoms with E-state index in [-0.39, 0.29) is 11.9 Å². The minimum Gasteiger partial charge on any atom is -0.382 e. The molecule has 0 aromatic heterocycles. The van der Waals surface area contributed by atoms with Crippen LogP contribution in [0.5, 0.6) is 0 Å². The lowest BCUT2D eigenvalue weighted by Crippen LogP contribution is -2.35. The highest BCUT2D eigenvalue weighted by atomic mass is 16.1. The quantitative estimate of drug-likeness (QED) is 0.764. The van der Waals surface area contributed by atoms with Gasteiger partial charge in [-0.3, -0.25) is 4.79 Å². The van der Waals surface area contributed by atoms with E-state index in [0.29, 0.717) is 5.56 Å². The summed E-state index contributed by atoms with van der Waals surface area (Å²) >= 11 is 0. The molecule has 1 aromatic rings. The molecule has 5 nitrogen and oxygen atoms in total. The van der Waals surface area contributed by atoms with Gasteiger partial charge in [0.05, 0.1) is 11.4 Å². The maximum atomic E-state index is 12.2. The van der Waals surface area contributed by atoms with Crippen molar-refractivity contribution in [2.24, 2.45) is 0 Å². The van der Waals surface area contributed by atoms with E-state index in [1.54, 1.807) is 0 Å². The molecule has 0 saturated carbocycles. The molecule has 1 aliphatic heterocycles. The number of carbonyl (C=O) groups is 1. The van der Waals surface area contributed by atoms with Crippen LogP contribution in [0.1, 0.15) is 23.7 Å². The number of fused-ring (bicyclic) bond motifs is 1. The van der Waals surface area contributed by atoms with Gasteiger partial charge in [-0.05, 0) is 52.2 Å². The minimum atomic E-state index is -0.00794. The SMILES string of the molecule is CC(CCN(C)C)NC(=O)c1ccc2c(c1)NCCN2. The Bertz CT molecular complexity index is 473. The second-order valence-electron chi connectivity index (χ2n) is 5.58. The molecule has 2 rings (SSSR count). The molecule has 0 aliphatic carbocycles. The zero-order valence-electron chi connectivity index (χ0n) is 12.5. The smallest absolute Gasteiger partial charge is 0.251 e. The zero-order valence-corrected chi connectivity index (χ0v) is 12.5. The Kier molecular flexibility index (Phi) is 4.84. The fourth-order valence-corrected chi connectivity index (χ4v) is 2.21. The fraction of sp³-hybridized carbons (Fsp3) is 0.533. The number of hydrogen-bond donors (Lipinski definition) is 3. The summed E-state index contributed by atoms with van der Waals surface area (Å²) in [6.07, 6.45) is 0.948. The summed E-state index contributed by atoms with van der Waals surface area (Å²) in [5.41, 5.74) is 2.77. The number of anilines is 2. The van der Waals surface area contributed by atoms with Crippen molar-refractivity contribution in [3.05, 3.63) is 23.8 Å². The second-order valence-corrected chi connectivity index (χ2v) is 5.58. The third-order valence-corrected chi connectivity index (χ3v) is 3.42. The van der Waals surface area contributed by atoms with E-state index in [1.807, 2.05) is 39.2 Å². The van der Waals surface area contributed by atoms with Crippen LogP contribution in [0.4, 0.5) is 11.4 Å². The van der Waals surface area contributed by atoms with E-state index >= 15 is 0 Å². The first-order valence-corrected chi connectivity index (χ1v) is 7.13. The Hall–Kier alpha value is -1.75. The average molecular weight is 276 g/mol. The van der Waals surface area contributed by atoms with Gasteiger partial charge in [0, 0.05) is 24.7 Å². The van der Waals surface area contributed by atoms with Crippen molar-refractivity contribution in [3.63, 3.8) is 0 Å². The Morgan fingerprint density at radius 2 is 2.00 bits per heavy atom. The minimum absolute atomic E-state index is 0.00794. The Morgan fingerprint density at radius 3 is 2.70 bits per heavy atom. The van der Waals surface area contributed by atoms with Crippen LogP contribution in [0.2, 0.25) is 0 Å².